The summed E-state index contributed by atoms with van der Waals surface area (Å²) in [5.74, 6) is -2.32. The zero-order chi connectivity index (χ0) is 16.2. The molecule has 0 aliphatic rings. The van der Waals surface area contributed by atoms with E-state index in [2.05, 4.69) is 15.4 Å². The Labute approximate surface area is 130 Å². The van der Waals surface area contributed by atoms with Gasteiger partial charge < -0.3 is 5.32 Å². The Bertz CT molecular complexity index is 833. The van der Waals surface area contributed by atoms with Gasteiger partial charge in [-0.3, -0.25) is 14.5 Å². The minimum Gasteiger partial charge on any atom is -0.305 e. The summed E-state index contributed by atoms with van der Waals surface area (Å²) in [4.78, 5) is 16.2. The second-order valence-corrected chi connectivity index (χ2v) is 4.80. The first kappa shape index (κ1) is 14.8. The first-order valence-electron chi connectivity index (χ1n) is 6.81. The maximum atomic E-state index is 13.1. The lowest BCUT2D eigenvalue weighted by atomic mass is 10.2. The fraction of sp³-hybridized carbons (Fsp3) is 0.0625. The van der Waals surface area contributed by atoms with Gasteiger partial charge in [0.2, 0.25) is 0 Å². The van der Waals surface area contributed by atoms with Gasteiger partial charge in [0.15, 0.2) is 17.5 Å². The minimum absolute atomic E-state index is 0.0168. The number of nitrogens with one attached hydrogen (secondary N) is 1. The van der Waals surface area contributed by atoms with E-state index in [0.29, 0.717) is 12.4 Å². The average molecular weight is 314 g/mol. The summed E-state index contributed by atoms with van der Waals surface area (Å²) in [6, 6.07) is 10.1. The molecule has 0 aliphatic heterocycles. The smallest absolute Gasteiger partial charge is 0.256 e. The maximum absolute atomic E-state index is 13.1. The maximum Gasteiger partial charge on any atom is 0.256 e. The summed E-state index contributed by atoms with van der Waals surface area (Å²) in [6.07, 6.45) is 3.38. The van der Waals surface area contributed by atoms with Crippen molar-refractivity contribution in [3.05, 3.63) is 77.8 Å². The van der Waals surface area contributed by atoms with Crippen molar-refractivity contribution in [1.82, 2.24) is 14.8 Å². The van der Waals surface area contributed by atoms with Crippen molar-refractivity contribution in [2.24, 2.45) is 0 Å². The molecule has 1 aromatic carbocycles. The number of halogens is 2. The van der Waals surface area contributed by atoms with E-state index in [1.54, 1.807) is 23.1 Å². The highest BCUT2D eigenvalue weighted by molar-refractivity contribution is 6.03. The highest BCUT2D eigenvalue weighted by atomic mass is 19.2. The SMILES string of the molecule is O=C(Nc1ccn(Cc2ccccn2)n1)c1ccc(F)c(F)c1. The molecule has 3 rings (SSSR count). The average Bonchev–Trinajstić information content (AvgIpc) is 2.98. The third kappa shape index (κ3) is 3.57. The van der Waals surface area contributed by atoms with Gasteiger partial charge in [-0.1, -0.05) is 6.07 Å². The molecule has 3 aromatic rings. The molecule has 2 heterocycles. The van der Waals surface area contributed by atoms with E-state index in [9.17, 15) is 13.6 Å². The van der Waals surface area contributed by atoms with Crippen LogP contribution in [0.1, 0.15) is 16.1 Å². The molecule has 0 radical (unpaired) electrons. The van der Waals surface area contributed by atoms with Crippen molar-refractivity contribution in [1.29, 1.82) is 0 Å². The number of aromatic nitrogens is 3. The van der Waals surface area contributed by atoms with Crippen LogP contribution in [0.3, 0.4) is 0 Å². The van der Waals surface area contributed by atoms with Crippen LogP contribution in [-0.2, 0) is 6.54 Å². The van der Waals surface area contributed by atoms with Gasteiger partial charge in [0.1, 0.15) is 0 Å². The molecule has 2 aromatic heterocycles. The van der Waals surface area contributed by atoms with Crippen LogP contribution >= 0.6 is 0 Å². The lowest BCUT2D eigenvalue weighted by molar-refractivity contribution is 0.102. The third-order valence-corrected chi connectivity index (χ3v) is 3.11. The van der Waals surface area contributed by atoms with Gasteiger partial charge in [-0.25, -0.2) is 8.78 Å². The number of hydrogen-bond acceptors (Lipinski definition) is 3. The van der Waals surface area contributed by atoms with Crippen molar-refractivity contribution in [2.45, 2.75) is 6.54 Å². The summed E-state index contributed by atoms with van der Waals surface area (Å²) in [6.45, 7) is 0.460. The summed E-state index contributed by atoms with van der Waals surface area (Å²) < 4.78 is 27.6. The molecule has 1 amide bonds. The lowest BCUT2D eigenvalue weighted by Gasteiger charge is -2.03. The molecular weight excluding hydrogens is 302 g/mol. The van der Waals surface area contributed by atoms with Crippen LogP contribution < -0.4 is 5.32 Å². The van der Waals surface area contributed by atoms with Crippen LogP contribution in [0.5, 0.6) is 0 Å². The fourth-order valence-electron chi connectivity index (χ4n) is 2.00. The molecule has 0 bridgehead atoms. The number of pyridine rings is 1. The number of hydrogen-bond donors (Lipinski definition) is 1. The van der Waals surface area contributed by atoms with Crippen molar-refractivity contribution in [3.8, 4) is 0 Å². The first-order valence-corrected chi connectivity index (χ1v) is 6.81. The van der Waals surface area contributed by atoms with Crippen LogP contribution in [0.25, 0.3) is 0 Å². The number of nitrogens with zero attached hydrogens (tertiary/aromatic N) is 3. The van der Waals surface area contributed by atoms with Gasteiger partial charge >= 0.3 is 0 Å². The summed E-state index contributed by atoms with van der Waals surface area (Å²) in [7, 11) is 0. The van der Waals surface area contributed by atoms with Gasteiger partial charge in [-0.2, -0.15) is 5.10 Å². The second-order valence-electron chi connectivity index (χ2n) is 4.80. The molecule has 0 atom stereocenters. The standard InChI is InChI=1S/C16H12F2N4O/c17-13-5-4-11(9-14(13)18)16(23)20-15-6-8-22(21-15)10-12-3-1-2-7-19-12/h1-9H,10H2,(H,20,21,23). The van der Waals surface area contributed by atoms with Gasteiger partial charge in [-0.05, 0) is 30.3 Å². The van der Waals surface area contributed by atoms with E-state index in [1.165, 1.54) is 6.07 Å². The minimum atomic E-state index is -1.07. The van der Waals surface area contributed by atoms with E-state index < -0.39 is 17.5 Å². The van der Waals surface area contributed by atoms with Crippen LogP contribution in [-0.4, -0.2) is 20.7 Å². The highest BCUT2D eigenvalue weighted by Gasteiger charge is 2.11. The molecule has 0 aliphatic carbocycles. The zero-order valence-corrected chi connectivity index (χ0v) is 11.9. The van der Waals surface area contributed by atoms with E-state index >= 15 is 0 Å². The Morgan fingerprint density at radius 2 is 2.00 bits per heavy atom. The van der Waals surface area contributed by atoms with Gasteiger partial charge in [0, 0.05) is 24.0 Å². The van der Waals surface area contributed by atoms with Gasteiger partial charge in [0.25, 0.3) is 5.91 Å². The number of carbonyl (C=O) groups excluding carboxylic acids is 1. The van der Waals surface area contributed by atoms with Crippen molar-refractivity contribution >= 4 is 11.7 Å². The topological polar surface area (TPSA) is 59.8 Å². The largest absolute Gasteiger partial charge is 0.305 e. The molecular formula is C16H12F2N4O. The van der Waals surface area contributed by atoms with Crippen LogP contribution in [0, 0.1) is 11.6 Å². The van der Waals surface area contributed by atoms with E-state index in [-0.39, 0.29) is 5.56 Å². The van der Waals surface area contributed by atoms with Gasteiger partial charge in [-0.15, -0.1) is 0 Å². The number of amides is 1. The van der Waals surface area contributed by atoms with Gasteiger partial charge in [0.05, 0.1) is 12.2 Å². The van der Waals surface area contributed by atoms with Crippen molar-refractivity contribution < 1.29 is 13.6 Å². The molecule has 0 saturated heterocycles. The monoisotopic (exact) mass is 314 g/mol. The molecule has 0 saturated carbocycles. The van der Waals surface area contributed by atoms with Crippen molar-refractivity contribution in [2.75, 3.05) is 5.32 Å². The quantitative estimate of drug-likeness (QED) is 0.805. The normalized spacial score (nSPS) is 10.5. The summed E-state index contributed by atoms with van der Waals surface area (Å²) in [5, 5.41) is 6.72. The molecule has 1 N–H and O–H groups in total. The van der Waals surface area contributed by atoms with Crippen LogP contribution in [0.2, 0.25) is 0 Å². The Balaban J connectivity index is 1.68. The predicted molar refractivity (Wildman–Crippen MR) is 79.9 cm³/mol. The Morgan fingerprint density at radius 1 is 1.13 bits per heavy atom. The molecule has 0 unspecified atom stereocenters. The molecule has 116 valence electrons. The van der Waals surface area contributed by atoms with E-state index in [0.717, 1.165) is 17.8 Å². The van der Waals surface area contributed by atoms with E-state index in [1.807, 2.05) is 18.2 Å². The predicted octanol–water partition coefficient (Wildman–Crippen LogP) is 2.86. The number of benzene rings is 1. The summed E-state index contributed by atoms with van der Waals surface area (Å²) in [5.41, 5.74) is 0.845. The summed E-state index contributed by atoms with van der Waals surface area (Å²) >= 11 is 0. The molecule has 0 spiro atoms. The molecule has 7 heteroatoms. The second kappa shape index (κ2) is 6.35. The van der Waals surface area contributed by atoms with E-state index in [4.69, 9.17) is 0 Å². The Kier molecular flexibility index (Phi) is 4.09. The molecule has 23 heavy (non-hydrogen) atoms. The van der Waals surface area contributed by atoms with Crippen LogP contribution in [0.4, 0.5) is 14.6 Å². The first-order chi connectivity index (χ1) is 11.1. The van der Waals surface area contributed by atoms with Crippen LogP contribution in [0.15, 0.2) is 54.9 Å². The number of anilines is 1. The van der Waals surface area contributed by atoms with Crippen molar-refractivity contribution in [3.63, 3.8) is 0 Å². The number of carbonyl (C=O) groups is 1. The molecule has 0 fully saturated rings. The lowest BCUT2D eigenvalue weighted by Crippen LogP contribution is -2.13. The highest BCUT2D eigenvalue weighted by Crippen LogP contribution is 2.11. The fourth-order valence-corrected chi connectivity index (χ4v) is 2.00. The Hall–Kier alpha value is -3.09. The zero-order valence-electron chi connectivity index (χ0n) is 11.9. The Morgan fingerprint density at radius 3 is 2.74 bits per heavy atom. The number of rotatable bonds is 4. The molecule has 5 nitrogen and oxygen atoms in total. The third-order valence-electron chi connectivity index (χ3n) is 3.11.